The van der Waals surface area contributed by atoms with Crippen LogP contribution in [0.3, 0.4) is 0 Å². The predicted molar refractivity (Wildman–Crippen MR) is 122 cm³/mol. The highest BCUT2D eigenvalue weighted by Crippen LogP contribution is 2.40. The number of rotatable bonds is 6. The van der Waals surface area contributed by atoms with Crippen molar-refractivity contribution in [2.45, 2.75) is 32.2 Å². The van der Waals surface area contributed by atoms with Gasteiger partial charge in [-0.25, -0.2) is 0 Å². The van der Waals surface area contributed by atoms with Gasteiger partial charge in [0.25, 0.3) is 0 Å². The highest BCUT2D eigenvalue weighted by atomic mass is 31.1. The molecule has 3 aromatic carbocycles. The van der Waals surface area contributed by atoms with Gasteiger partial charge in [0.05, 0.1) is 12.6 Å². The molecule has 1 fully saturated rings. The fraction of sp³-hybridized carbons (Fsp3) is 0.280. The van der Waals surface area contributed by atoms with Crippen molar-refractivity contribution in [2.24, 2.45) is 0 Å². The maximum absolute atomic E-state index is 9.99. The van der Waals surface area contributed by atoms with Crippen molar-refractivity contribution in [3.8, 4) is 0 Å². The topological polar surface area (TPSA) is 23.5 Å². The van der Waals surface area contributed by atoms with Crippen molar-refractivity contribution in [3.05, 3.63) is 84.4 Å². The molecule has 4 rings (SSSR count). The Labute approximate surface area is 169 Å². The molecule has 1 aliphatic heterocycles. The zero-order valence-electron chi connectivity index (χ0n) is 16.5. The molecular weight excluding hydrogens is 361 g/mol. The van der Waals surface area contributed by atoms with E-state index in [1.165, 1.54) is 27.2 Å². The molecule has 0 saturated carbocycles. The van der Waals surface area contributed by atoms with Crippen LogP contribution in [0, 0.1) is 0 Å². The lowest BCUT2D eigenvalue weighted by molar-refractivity contribution is 0.266. The van der Waals surface area contributed by atoms with E-state index in [1.807, 2.05) is 0 Å². The Bertz CT molecular complexity index is 857. The Kier molecular flexibility index (Phi) is 6.10. The molecule has 3 heteroatoms. The van der Waals surface area contributed by atoms with Gasteiger partial charge in [0.2, 0.25) is 0 Å². The molecular formula is C25H28NOP. The van der Waals surface area contributed by atoms with Crippen molar-refractivity contribution in [1.82, 2.24) is 0 Å². The SMILES string of the molecule is CCc1cccc(P(c2ccccc2)c2ccccc2)c1N1CCC[C@@H]1CO. The normalized spacial score (nSPS) is 16.7. The van der Waals surface area contributed by atoms with E-state index in [2.05, 4.69) is 90.7 Å². The molecule has 1 aliphatic rings. The van der Waals surface area contributed by atoms with Gasteiger partial charge in [-0.1, -0.05) is 85.8 Å². The van der Waals surface area contributed by atoms with Gasteiger partial charge < -0.3 is 10.0 Å². The lowest BCUT2D eigenvalue weighted by atomic mass is 10.1. The molecule has 1 atom stereocenters. The van der Waals surface area contributed by atoms with Crippen molar-refractivity contribution in [1.29, 1.82) is 0 Å². The summed E-state index contributed by atoms with van der Waals surface area (Å²) in [4.78, 5) is 2.48. The largest absolute Gasteiger partial charge is 0.394 e. The summed E-state index contributed by atoms with van der Waals surface area (Å²) in [5.41, 5.74) is 2.75. The second-order valence-corrected chi connectivity index (χ2v) is 9.50. The molecule has 3 aromatic rings. The lowest BCUT2D eigenvalue weighted by Crippen LogP contribution is -2.37. The third kappa shape index (κ3) is 3.72. The third-order valence-corrected chi connectivity index (χ3v) is 8.10. The van der Waals surface area contributed by atoms with Gasteiger partial charge in [0.15, 0.2) is 0 Å². The Morgan fingerprint density at radius 2 is 1.54 bits per heavy atom. The Hall–Kier alpha value is -2.15. The van der Waals surface area contributed by atoms with E-state index in [9.17, 15) is 5.11 Å². The first-order valence-electron chi connectivity index (χ1n) is 10.2. The molecule has 1 heterocycles. The van der Waals surface area contributed by atoms with Gasteiger partial charge in [-0.05, 0) is 43.4 Å². The predicted octanol–water partition coefficient (Wildman–Crippen LogP) is 3.97. The van der Waals surface area contributed by atoms with Crippen LogP contribution in [0.25, 0.3) is 0 Å². The van der Waals surface area contributed by atoms with Crippen LogP contribution in [0.1, 0.15) is 25.3 Å². The first-order chi connectivity index (χ1) is 13.8. The van der Waals surface area contributed by atoms with Gasteiger partial charge in [-0.3, -0.25) is 0 Å². The molecule has 1 N–H and O–H groups in total. The van der Waals surface area contributed by atoms with Crippen LogP contribution in [-0.4, -0.2) is 24.3 Å². The number of aliphatic hydroxyl groups excluding tert-OH is 1. The number of aryl methyl sites for hydroxylation is 1. The molecule has 144 valence electrons. The molecule has 0 spiro atoms. The fourth-order valence-corrected chi connectivity index (χ4v) is 6.79. The summed E-state index contributed by atoms with van der Waals surface area (Å²) in [6.45, 7) is 3.49. The minimum atomic E-state index is -0.652. The fourth-order valence-electron chi connectivity index (χ4n) is 4.28. The average molecular weight is 389 g/mol. The first-order valence-corrected chi connectivity index (χ1v) is 11.6. The third-order valence-electron chi connectivity index (χ3n) is 5.62. The van der Waals surface area contributed by atoms with E-state index in [0.29, 0.717) is 0 Å². The van der Waals surface area contributed by atoms with Crippen LogP contribution in [0.5, 0.6) is 0 Å². The molecule has 2 nitrogen and oxygen atoms in total. The van der Waals surface area contributed by atoms with Gasteiger partial charge in [0, 0.05) is 17.5 Å². The van der Waals surface area contributed by atoms with Gasteiger partial charge in [0.1, 0.15) is 0 Å². The van der Waals surface area contributed by atoms with Crippen molar-refractivity contribution >= 4 is 29.5 Å². The second kappa shape index (κ2) is 8.90. The summed E-state index contributed by atoms with van der Waals surface area (Å²) in [6.07, 6.45) is 3.23. The summed E-state index contributed by atoms with van der Waals surface area (Å²) in [6, 6.07) is 28.8. The standard InChI is InChI=1S/C25H28NOP/c1-2-20-11-9-17-24(25(20)26-18-10-12-21(26)19-27)28(22-13-5-3-6-14-22)23-15-7-4-8-16-23/h3-9,11,13-17,21,27H,2,10,12,18-19H2,1H3/t21-/m1/s1. The monoisotopic (exact) mass is 389 g/mol. The first kappa shape index (κ1) is 19.2. The van der Waals surface area contributed by atoms with E-state index < -0.39 is 7.92 Å². The summed E-state index contributed by atoms with van der Waals surface area (Å²) in [7, 11) is -0.652. The highest BCUT2D eigenvalue weighted by Gasteiger charge is 2.30. The summed E-state index contributed by atoms with van der Waals surface area (Å²) >= 11 is 0. The van der Waals surface area contributed by atoms with E-state index in [4.69, 9.17) is 0 Å². The van der Waals surface area contributed by atoms with Crippen LogP contribution in [0.2, 0.25) is 0 Å². The van der Waals surface area contributed by atoms with Crippen molar-refractivity contribution < 1.29 is 5.11 Å². The van der Waals surface area contributed by atoms with Crippen LogP contribution >= 0.6 is 7.92 Å². The molecule has 1 saturated heterocycles. The maximum atomic E-state index is 9.99. The average Bonchev–Trinajstić information content (AvgIpc) is 3.24. The van der Waals surface area contributed by atoms with E-state index in [-0.39, 0.29) is 12.6 Å². The van der Waals surface area contributed by atoms with Gasteiger partial charge in [-0.2, -0.15) is 0 Å². The van der Waals surface area contributed by atoms with Crippen LogP contribution in [0.15, 0.2) is 78.9 Å². The number of para-hydroxylation sites is 1. The van der Waals surface area contributed by atoms with E-state index >= 15 is 0 Å². The molecule has 0 amide bonds. The summed E-state index contributed by atoms with van der Waals surface area (Å²) in [5.74, 6) is 0. The van der Waals surface area contributed by atoms with Crippen LogP contribution < -0.4 is 20.8 Å². The number of nitrogens with zero attached hydrogens (tertiary/aromatic N) is 1. The van der Waals surface area contributed by atoms with Crippen LogP contribution in [0.4, 0.5) is 5.69 Å². The molecule has 28 heavy (non-hydrogen) atoms. The van der Waals surface area contributed by atoms with Crippen molar-refractivity contribution in [2.75, 3.05) is 18.1 Å². The minimum Gasteiger partial charge on any atom is -0.394 e. The highest BCUT2D eigenvalue weighted by molar-refractivity contribution is 7.80. The molecule has 0 unspecified atom stereocenters. The zero-order valence-corrected chi connectivity index (χ0v) is 17.4. The minimum absolute atomic E-state index is 0.228. The smallest absolute Gasteiger partial charge is 0.0635 e. The zero-order chi connectivity index (χ0) is 19.3. The van der Waals surface area contributed by atoms with E-state index in [1.54, 1.807) is 0 Å². The number of benzene rings is 3. The number of hydrogen-bond donors (Lipinski definition) is 1. The Morgan fingerprint density at radius 3 is 2.11 bits per heavy atom. The number of aliphatic hydroxyl groups is 1. The summed E-state index contributed by atoms with van der Waals surface area (Å²) in [5, 5.41) is 14.1. The summed E-state index contributed by atoms with van der Waals surface area (Å²) < 4.78 is 0. The Balaban J connectivity index is 1.92. The van der Waals surface area contributed by atoms with Crippen molar-refractivity contribution in [3.63, 3.8) is 0 Å². The Morgan fingerprint density at radius 1 is 0.893 bits per heavy atom. The molecule has 0 bridgehead atoms. The lowest BCUT2D eigenvalue weighted by Gasteiger charge is -2.33. The number of hydrogen-bond acceptors (Lipinski definition) is 2. The molecule has 0 radical (unpaired) electrons. The van der Waals surface area contributed by atoms with Gasteiger partial charge in [-0.15, -0.1) is 0 Å². The van der Waals surface area contributed by atoms with E-state index in [0.717, 1.165) is 25.8 Å². The maximum Gasteiger partial charge on any atom is 0.0635 e. The molecule has 0 aliphatic carbocycles. The number of anilines is 1. The second-order valence-electron chi connectivity index (χ2n) is 7.32. The van der Waals surface area contributed by atoms with Crippen LogP contribution in [-0.2, 0) is 6.42 Å². The quantitative estimate of drug-likeness (QED) is 0.645. The molecule has 0 aromatic heterocycles. The van der Waals surface area contributed by atoms with Gasteiger partial charge >= 0.3 is 0 Å².